The number of hydrogen-bond donors (Lipinski definition) is 0. The minimum absolute atomic E-state index is 0.0147. The second kappa shape index (κ2) is 7.94. The van der Waals surface area contributed by atoms with E-state index in [4.69, 9.17) is 9.47 Å². The predicted molar refractivity (Wildman–Crippen MR) is 87.7 cm³/mol. The summed E-state index contributed by atoms with van der Waals surface area (Å²) in [6.07, 6.45) is 0.0147. The van der Waals surface area contributed by atoms with Gasteiger partial charge in [-0.05, 0) is 22.8 Å². The van der Waals surface area contributed by atoms with Gasteiger partial charge in [0.15, 0.2) is 0 Å². The van der Waals surface area contributed by atoms with Crippen LogP contribution < -0.4 is 0 Å². The number of carbonyl (C=O) groups excluding carboxylic acids is 2. The van der Waals surface area contributed by atoms with Gasteiger partial charge in [0.25, 0.3) is 0 Å². The van der Waals surface area contributed by atoms with Gasteiger partial charge in [-0.15, -0.1) is 0 Å². The molecule has 0 heterocycles. The first kappa shape index (κ1) is 16.5. The Morgan fingerprint density at radius 1 is 0.957 bits per heavy atom. The highest BCUT2D eigenvalue weighted by atomic mass is 16.5. The number of carbonyl (C=O) groups is 2. The lowest BCUT2D eigenvalue weighted by Crippen LogP contribution is -2.08. The number of rotatable bonds is 6. The molecule has 0 aromatic heterocycles. The SMILES string of the molecule is C=C(CC(=O)OCc1ccccc1)c1ccccc1C(=O)OC. The van der Waals surface area contributed by atoms with Crippen LogP contribution in [0, 0.1) is 0 Å². The van der Waals surface area contributed by atoms with Crippen LogP contribution in [0.1, 0.15) is 27.9 Å². The summed E-state index contributed by atoms with van der Waals surface area (Å²) in [6.45, 7) is 4.10. The number of methoxy groups -OCH3 is 1. The largest absolute Gasteiger partial charge is 0.465 e. The van der Waals surface area contributed by atoms with Crippen molar-refractivity contribution < 1.29 is 19.1 Å². The summed E-state index contributed by atoms with van der Waals surface area (Å²) in [4.78, 5) is 23.7. The molecular weight excluding hydrogens is 292 g/mol. The third-order valence-corrected chi connectivity index (χ3v) is 3.31. The summed E-state index contributed by atoms with van der Waals surface area (Å²) < 4.78 is 9.97. The summed E-state index contributed by atoms with van der Waals surface area (Å²) in [5.74, 6) is -0.849. The van der Waals surface area contributed by atoms with Crippen molar-refractivity contribution in [1.29, 1.82) is 0 Å². The Hall–Kier alpha value is -2.88. The molecule has 4 heteroatoms. The van der Waals surface area contributed by atoms with Crippen molar-refractivity contribution in [3.63, 3.8) is 0 Å². The van der Waals surface area contributed by atoms with Gasteiger partial charge < -0.3 is 9.47 Å². The maximum atomic E-state index is 12.0. The Morgan fingerprint density at radius 3 is 2.22 bits per heavy atom. The van der Waals surface area contributed by atoms with Crippen molar-refractivity contribution in [3.05, 3.63) is 77.9 Å². The maximum absolute atomic E-state index is 12.0. The van der Waals surface area contributed by atoms with Crippen LogP contribution in [0.25, 0.3) is 5.57 Å². The van der Waals surface area contributed by atoms with Gasteiger partial charge in [-0.1, -0.05) is 55.1 Å². The van der Waals surface area contributed by atoms with Gasteiger partial charge in [-0.3, -0.25) is 4.79 Å². The van der Waals surface area contributed by atoms with Crippen LogP contribution in [0.4, 0.5) is 0 Å². The average molecular weight is 310 g/mol. The lowest BCUT2D eigenvalue weighted by molar-refractivity contribution is -0.143. The zero-order valence-electron chi connectivity index (χ0n) is 13.0. The highest BCUT2D eigenvalue weighted by Crippen LogP contribution is 2.22. The highest BCUT2D eigenvalue weighted by molar-refractivity contribution is 5.97. The third kappa shape index (κ3) is 4.54. The van der Waals surface area contributed by atoms with Crippen molar-refractivity contribution in [2.24, 2.45) is 0 Å². The molecule has 0 saturated carbocycles. The first-order valence-corrected chi connectivity index (χ1v) is 7.17. The molecule has 0 aliphatic carbocycles. The molecular formula is C19H18O4. The predicted octanol–water partition coefficient (Wildman–Crippen LogP) is 3.62. The fourth-order valence-electron chi connectivity index (χ4n) is 2.14. The second-order valence-corrected chi connectivity index (χ2v) is 4.96. The summed E-state index contributed by atoms with van der Waals surface area (Å²) in [5, 5.41) is 0. The van der Waals surface area contributed by atoms with E-state index in [9.17, 15) is 9.59 Å². The molecule has 0 atom stereocenters. The topological polar surface area (TPSA) is 52.6 Å². The summed E-state index contributed by atoms with van der Waals surface area (Å²) in [6, 6.07) is 16.3. The smallest absolute Gasteiger partial charge is 0.338 e. The van der Waals surface area contributed by atoms with E-state index in [1.165, 1.54) is 7.11 Å². The minimum atomic E-state index is -0.459. The zero-order chi connectivity index (χ0) is 16.7. The van der Waals surface area contributed by atoms with Crippen molar-refractivity contribution >= 4 is 17.5 Å². The number of ether oxygens (including phenoxy) is 2. The van der Waals surface area contributed by atoms with Crippen LogP contribution in [-0.2, 0) is 20.9 Å². The molecule has 2 aromatic rings. The van der Waals surface area contributed by atoms with Gasteiger partial charge in [0.05, 0.1) is 19.1 Å². The fourth-order valence-corrected chi connectivity index (χ4v) is 2.14. The first-order chi connectivity index (χ1) is 11.1. The van der Waals surface area contributed by atoms with E-state index in [2.05, 4.69) is 6.58 Å². The minimum Gasteiger partial charge on any atom is -0.465 e. The molecule has 0 fully saturated rings. The Kier molecular flexibility index (Phi) is 5.69. The molecule has 2 aromatic carbocycles. The summed E-state index contributed by atoms with van der Waals surface area (Å²) in [5.41, 5.74) is 2.41. The number of hydrogen-bond acceptors (Lipinski definition) is 4. The van der Waals surface area contributed by atoms with Crippen LogP contribution in [0.2, 0.25) is 0 Å². The van der Waals surface area contributed by atoms with Gasteiger partial charge in [-0.2, -0.15) is 0 Å². The lowest BCUT2D eigenvalue weighted by atomic mass is 9.99. The fraction of sp³-hybridized carbons (Fsp3) is 0.158. The molecule has 0 saturated heterocycles. The van der Waals surface area contributed by atoms with Gasteiger partial charge in [0, 0.05) is 0 Å². The van der Waals surface area contributed by atoms with Crippen molar-refractivity contribution in [1.82, 2.24) is 0 Å². The van der Waals surface area contributed by atoms with E-state index in [1.807, 2.05) is 30.3 Å². The Morgan fingerprint density at radius 2 is 1.57 bits per heavy atom. The molecule has 0 radical (unpaired) electrons. The molecule has 0 aliphatic rings. The maximum Gasteiger partial charge on any atom is 0.338 e. The van der Waals surface area contributed by atoms with Gasteiger partial charge in [0.1, 0.15) is 6.61 Å². The number of esters is 2. The summed E-state index contributed by atoms with van der Waals surface area (Å²) >= 11 is 0. The van der Waals surface area contributed by atoms with E-state index in [-0.39, 0.29) is 13.0 Å². The normalized spacial score (nSPS) is 9.96. The van der Waals surface area contributed by atoms with Gasteiger partial charge in [0.2, 0.25) is 0 Å². The number of benzene rings is 2. The molecule has 118 valence electrons. The van der Waals surface area contributed by atoms with Crippen molar-refractivity contribution in [2.45, 2.75) is 13.0 Å². The zero-order valence-corrected chi connectivity index (χ0v) is 13.0. The van der Waals surface area contributed by atoms with E-state index in [0.717, 1.165) is 5.56 Å². The Labute approximate surface area is 135 Å². The van der Waals surface area contributed by atoms with E-state index >= 15 is 0 Å². The molecule has 0 spiro atoms. The Bertz CT molecular complexity index is 704. The van der Waals surface area contributed by atoms with Crippen LogP contribution in [0.3, 0.4) is 0 Å². The molecule has 0 amide bonds. The molecule has 4 nitrogen and oxygen atoms in total. The molecule has 0 unspecified atom stereocenters. The molecule has 2 rings (SSSR count). The van der Waals surface area contributed by atoms with Gasteiger partial charge in [-0.25, -0.2) is 4.79 Å². The lowest BCUT2D eigenvalue weighted by Gasteiger charge is -2.10. The Balaban J connectivity index is 1.99. The van der Waals surface area contributed by atoms with Crippen molar-refractivity contribution in [3.8, 4) is 0 Å². The van der Waals surface area contributed by atoms with Crippen LogP contribution in [0.15, 0.2) is 61.2 Å². The molecule has 0 aliphatic heterocycles. The van der Waals surface area contributed by atoms with Crippen LogP contribution >= 0.6 is 0 Å². The molecule has 23 heavy (non-hydrogen) atoms. The van der Waals surface area contributed by atoms with E-state index in [0.29, 0.717) is 16.7 Å². The monoisotopic (exact) mass is 310 g/mol. The van der Waals surface area contributed by atoms with Crippen LogP contribution in [0.5, 0.6) is 0 Å². The standard InChI is InChI=1S/C19H18O4/c1-14(16-10-6-7-11-17(16)19(21)22-2)12-18(20)23-13-15-8-4-3-5-9-15/h3-11H,1,12-13H2,2H3. The van der Waals surface area contributed by atoms with E-state index < -0.39 is 11.9 Å². The molecule has 0 bridgehead atoms. The van der Waals surface area contributed by atoms with Crippen molar-refractivity contribution in [2.75, 3.05) is 7.11 Å². The average Bonchev–Trinajstić information content (AvgIpc) is 2.60. The second-order valence-electron chi connectivity index (χ2n) is 4.96. The van der Waals surface area contributed by atoms with E-state index in [1.54, 1.807) is 24.3 Å². The highest BCUT2D eigenvalue weighted by Gasteiger charge is 2.15. The van der Waals surface area contributed by atoms with Gasteiger partial charge >= 0.3 is 11.9 Å². The van der Waals surface area contributed by atoms with Crippen LogP contribution in [-0.4, -0.2) is 19.0 Å². The third-order valence-electron chi connectivity index (χ3n) is 3.31. The first-order valence-electron chi connectivity index (χ1n) is 7.17. The molecule has 0 N–H and O–H groups in total. The summed E-state index contributed by atoms with van der Waals surface area (Å²) in [7, 11) is 1.32. The quantitative estimate of drug-likeness (QED) is 0.765.